The van der Waals surface area contributed by atoms with Crippen LogP contribution in [0.1, 0.15) is 22.3 Å². The molecule has 0 saturated heterocycles. The lowest BCUT2D eigenvalue weighted by molar-refractivity contribution is 0.147. The Morgan fingerprint density at radius 1 is 1.54 bits per heavy atom. The summed E-state index contributed by atoms with van der Waals surface area (Å²) < 4.78 is 0. The topological polar surface area (TPSA) is 72.3 Å². The van der Waals surface area contributed by atoms with Crippen LogP contribution in [0.5, 0.6) is 0 Å². The third-order valence-electron chi connectivity index (χ3n) is 1.96. The zero-order chi connectivity index (χ0) is 9.84. The van der Waals surface area contributed by atoms with Crippen molar-refractivity contribution >= 4 is 11.3 Å². The molecule has 0 aliphatic heterocycles. The molecule has 0 aliphatic carbocycles. The van der Waals surface area contributed by atoms with Crippen LogP contribution in [0.25, 0.3) is 0 Å². The number of aliphatic hydroxyl groups is 1. The SMILES string of the molecule is Cc1ccc(C(O)C(N)CCN)s1. The molecule has 0 bridgehead atoms. The maximum Gasteiger partial charge on any atom is 0.103 e. The average molecular weight is 200 g/mol. The van der Waals surface area contributed by atoms with Crippen LogP contribution >= 0.6 is 11.3 Å². The molecule has 0 aromatic carbocycles. The number of aliphatic hydroxyl groups excluding tert-OH is 1. The smallest absolute Gasteiger partial charge is 0.103 e. The highest BCUT2D eigenvalue weighted by Crippen LogP contribution is 2.24. The van der Waals surface area contributed by atoms with Gasteiger partial charge in [-0.2, -0.15) is 0 Å². The third kappa shape index (κ3) is 2.77. The Morgan fingerprint density at radius 2 is 2.23 bits per heavy atom. The Morgan fingerprint density at radius 3 is 2.69 bits per heavy atom. The van der Waals surface area contributed by atoms with Crippen LogP contribution in [0, 0.1) is 6.92 Å². The van der Waals surface area contributed by atoms with Crippen LogP contribution in [-0.2, 0) is 0 Å². The molecule has 2 unspecified atom stereocenters. The maximum atomic E-state index is 9.76. The molecule has 74 valence electrons. The molecule has 0 aliphatic rings. The Balaban J connectivity index is 2.61. The van der Waals surface area contributed by atoms with Gasteiger partial charge < -0.3 is 16.6 Å². The van der Waals surface area contributed by atoms with Gasteiger partial charge in [0.05, 0.1) is 0 Å². The van der Waals surface area contributed by atoms with Gasteiger partial charge in [0.25, 0.3) is 0 Å². The molecule has 0 radical (unpaired) electrons. The molecule has 1 rings (SSSR count). The zero-order valence-corrected chi connectivity index (χ0v) is 8.55. The molecule has 5 N–H and O–H groups in total. The van der Waals surface area contributed by atoms with Gasteiger partial charge in [-0.3, -0.25) is 0 Å². The minimum atomic E-state index is -0.567. The van der Waals surface area contributed by atoms with Crippen LogP contribution in [0.3, 0.4) is 0 Å². The predicted molar refractivity (Wildman–Crippen MR) is 55.7 cm³/mol. The van der Waals surface area contributed by atoms with Crippen molar-refractivity contribution < 1.29 is 5.11 Å². The highest BCUT2D eigenvalue weighted by Gasteiger charge is 2.17. The van der Waals surface area contributed by atoms with Crippen molar-refractivity contribution in [2.24, 2.45) is 11.5 Å². The number of hydrogen-bond donors (Lipinski definition) is 3. The summed E-state index contributed by atoms with van der Waals surface area (Å²) in [5.74, 6) is 0. The van der Waals surface area contributed by atoms with Gasteiger partial charge in [-0.1, -0.05) is 0 Å². The van der Waals surface area contributed by atoms with Gasteiger partial charge in [0.2, 0.25) is 0 Å². The minimum absolute atomic E-state index is 0.247. The van der Waals surface area contributed by atoms with Crippen LogP contribution in [0.4, 0.5) is 0 Å². The second-order valence-corrected chi connectivity index (χ2v) is 4.45. The van der Waals surface area contributed by atoms with Crippen molar-refractivity contribution in [3.05, 3.63) is 21.9 Å². The molecule has 1 aromatic rings. The van der Waals surface area contributed by atoms with Crippen LogP contribution < -0.4 is 11.5 Å². The Kier molecular flexibility index (Phi) is 3.87. The van der Waals surface area contributed by atoms with Crippen LogP contribution in [0.2, 0.25) is 0 Å². The summed E-state index contributed by atoms with van der Waals surface area (Å²) in [7, 11) is 0. The summed E-state index contributed by atoms with van der Waals surface area (Å²) in [6.07, 6.45) is 0.0835. The second kappa shape index (κ2) is 4.72. The highest BCUT2D eigenvalue weighted by atomic mass is 32.1. The molecular weight excluding hydrogens is 184 g/mol. The van der Waals surface area contributed by atoms with Crippen LogP contribution in [0.15, 0.2) is 12.1 Å². The molecular formula is C9H16N2OS. The van der Waals surface area contributed by atoms with Gasteiger partial charge >= 0.3 is 0 Å². The minimum Gasteiger partial charge on any atom is -0.386 e. The van der Waals surface area contributed by atoms with Crippen molar-refractivity contribution in [1.82, 2.24) is 0 Å². The molecule has 0 fully saturated rings. The van der Waals surface area contributed by atoms with Crippen molar-refractivity contribution in [3.8, 4) is 0 Å². The van der Waals surface area contributed by atoms with Gasteiger partial charge in [0, 0.05) is 15.8 Å². The Labute approximate surface area is 82.4 Å². The van der Waals surface area contributed by atoms with E-state index in [0.29, 0.717) is 13.0 Å². The van der Waals surface area contributed by atoms with E-state index in [9.17, 15) is 5.11 Å². The summed E-state index contributed by atoms with van der Waals surface area (Å²) in [4.78, 5) is 2.12. The molecule has 1 heterocycles. The molecule has 2 atom stereocenters. The average Bonchev–Trinajstić information content (AvgIpc) is 2.51. The summed E-state index contributed by atoms with van der Waals surface area (Å²) >= 11 is 1.58. The Hall–Kier alpha value is -0.420. The molecule has 13 heavy (non-hydrogen) atoms. The maximum absolute atomic E-state index is 9.76. The largest absolute Gasteiger partial charge is 0.386 e. The lowest BCUT2D eigenvalue weighted by atomic mass is 10.1. The number of aryl methyl sites for hydroxylation is 1. The van der Waals surface area contributed by atoms with Gasteiger partial charge in [0.1, 0.15) is 6.10 Å². The lowest BCUT2D eigenvalue weighted by Crippen LogP contribution is -2.30. The van der Waals surface area contributed by atoms with Gasteiger partial charge in [-0.05, 0) is 32.0 Å². The van der Waals surface area contributed by atoms with E-state index in [4.69, 9.17) is 11.5 Å². The number of nitrogens with two attached hydrogens (primary N) is 2. The number of rotatable bonds is 4. The number of hydrogen-bond acceptors (Lipinski definition) is 4. The predicted octanol–water partition coefficient (Wildman–Crippen LogP) is 0.766. The van der Waals surface area contributed by atoms with E-state index in [1.54, 1.807) is 11.3 Å². The molecule has 4 heteroatoms. The number of thiophene rings is 1. The lowest BCUT2D eigenvalue weighted by Gasteiger charge is -2.16. The summed E-state index contributed by atoms with van der Waals surface area (Å²) in [5.41, 5.74) is 11.1. The summed E-state index contributed by atoms with van der Waals surface area (Å²) in [6, 6.07) is 3.66. The van der Waals surface area contributed by atoms with E-state index in [0.717, 1.165) is 4.88 Å². The fourth-order valence-electron chi connectivity index (χ4n) is 1.17. The van der Waals surface area contributed by atoms with Gasteiger partial charge in [-0.25, -0.2) is 0 Å². The first-order valence-corrected chi connectivity index (χ1v) is 5.17. The molecule has 0 saturated carbocycles. The molecule has 0 spiro atoms. The van der Waals surface area contributed by atoms with Crippen molar-refractivity contribution in [2.75, 3.05) is 6.54 Å². The van der Waals surface area contributed by atoms with Crippen molar-refractivity contribution in [2.45, 2.75) is 25.5 Å². The monoisotopic (exact) mass is 200 g/mol. The normalized spacial score (nSPS) is 15.7. The van der Waals surface area contributed by atoms with E-state index < -0.39 is 6.10 Å². The van der Waals surface area contributed by atoms with Gasteiger partial charge in [0.15, 0.2) is 0 Å². The van der Waals surface area contributed by atoms with Crippen molar-refractivity contribution in [1.29, 1.82) is 0 Å². The first-order chi connectivity index (χ1) is 6.15. The summed E-state index contributed by atoms with van der Waals surface area (Å²) in [5, 5.41) is 9.76. The quantitative estimate of drug-likeness (QED) is 0.672. The fraction of sp³-hybridized carbons (Fsp3) is 0.556. The van der Waals surface area contributed by atoms with E-state index in [1.165, 1.54) is 4.88 Å². The van der Waals surface area contributed by atoms with E-state index in [2.05, 4.69) is 0 Å². The Bertz CT molecular complexity index is 262. The zero-order valence-electron chi connectivity index (χ0n) is 7.73. The fourth-order valence-corrected chi connectivity index (χ4v) is 2.11. The van der Waals surface area contributed by atoms with E-state index >= 15 is 0 Å². The molecule has 3 nitrogen and oxygen atoms in total. The standard InChI is InChI=1S/C9H16N2OS/c1-6-2-3-8(13-6)9(12)7(11)4-5-10/h2-3,7,9,12H,4-5,10-11H2,1H3. The van der Waals surface area contributed by atoms with E-state index in [-0.39, 0.29) is 6.04 Å². The second-order valence-electron chi connectivity index (χ2n) is 3.13. The first-order valence-electron chi connectivity index (χ1n) is 4.35. The van der Waals surface area contributed by atoms with Crippen molar-refractivity contribution in [3.63, 3.8) is 0 Å². The van der Waals surface area contributed by atoms with Gasteiger partial charge in [-0.15, -0.1) is 11.3 Å². The third-order valence-corrected chi connectivity index (χ3v) is 3.03. The van der Waals surface area contributed by atoms with Crippen LogP contribution in [-0.4, -0.2) is 17.7 Å². The molecule has 1 aromatic heterocycles. The first kappa shape index (κ1) is 10.7. The van der Waals surface area contributed by atoms with E-state index in [1.807, 2.05) is 19.1 Å². The summed E-state index contributed by atoms with van der Waals surface area (Å²) in [6.45, 7) is 2.53. The highest BCUT2D eigenvalue weighted by molar-refractivity contribution is 7.12. The molecule has 0 amide bonds.